The SMILES string of the molecule is C[C@@H]1CN(c2ccc3ncc(-c4ccc5[nH]nc(C6CC6)c5c4)n3n2)C[C@H](C)O1. The van der Waals surface area contributed by atoms with E-state index in [9.17, 15) is 0 Å². The molecule has 1 saturated heterocycles. The summed E-state index contributed by atoms with van der Waals surface area (Å²) in [7, 11) is 0. The first-order valence-electron chi connectivity index (χ1n) is 10.4. The molecule has 4 aromatic rings. The van der Waals surface area contributed by atoms with Crippen molar-refractivity contribution in [2.45, 2.75) is 44.8 Å². The second-order valence-electron chi connectivity index (χ2n) is 8.41. The maximum atomic E-state index is 5.87. The Morgan fingerprint density at radius 3 is 2.69 bits per heavy atom. The van der Waals surface area contributed by atoms with Gasteiger partial charge in [-0.15, -0.1) is 5.10 Å². The molecule has 7 nitrogen and oxygen atoms in total. The van der Waals surface area contributed by atoms with Gasteiger partial charge in [0, 0.05) is 30.0 Å². The molecule has 2 fully saturated rings. The number of imidazole rings is 1. The topological polar surface area (TPSA) is 71.3 Å². The van der Waals surface area contributed by atoms with Crippen LogP contribution in [0.2, 0.25) is 0 Å². The molecule has 6 rings (SSSR count). The van der Waals surface area contributed by atoms with Gasteiger partial charge in [-0.2, -0.15) is 5.10 Å². The highest BCUT2D eigenvalue weighted by Gasteiger charge is 2.28. The van der Waals surface area contributed by atoms with Crippen molar-refractivity contribution in [3.05, 3.63) is 42.2 Å². The van der Waals surface area contributed by atoms with Crippen molar-refractivity contribution in [3.8, 4) is 11.3 Å². The van der Waals surface area contributed by atoms with Crippen molar-refractivity contribution in [2.24, 2.45) is 0 Å². The number of nitrogens with one attached hydrogen (secondary N) is 1. The summed E-state index contributed by atoms with van der Waals surface area (Å²) in [5.41, 5.74) is 5.26. The number of H-pyrrole nitrogens is 1. The van der Waals surface area contributed by atoms with Crippen molar-refractivity contribution < 1.29 is 4.74 Å². The van der Waals surface area contributed by atoms with E-state index < -0.39 is 0 Å². The Hall–Kier alpha value is -2.93. The molecule has 148 valence electrons. The first kappa shape index (κ1) is 17.0. The van der Waals surface area contributed by atoms with E-state index in [0.717, 1.165) is 41.3 Å². The summed E-state index contributed by atoms with van der Waals surface area (Å²) in [5.74, 6) is 1.57. The molecular formula is C22H24N6O. The van der Waals surface area contributed by atoms with E-state index in [0.29, 0.717) is 5.92 Å². The molecule has 4 heterocycles. The van der Waals surface area contributed by atoms with E-state index in [4.69, 9.17) is 9.84 Å². The van der Waals surface area contributed by atoms with Crippen LogP contribution in [-0.4, -0.2) is 50.1 Å². The average Bonchev–Trinajstić information content (AvgIpc) is 3.33. The number of rotatable bonds is 3. The summed E-state index contributed by atoms with van der Waals surface area (Å²) in [4.78, 5) is 6.88. The first-order chi connectivity index (χ1) is 14.2. The molecule has 1 saturated carbocycles. The highest BCUT2D eigenvalue weighted by Crippen LogP contribution is 2.42. The van der Waals surface area contributed by atoms with E-state index in [2.05, 4.69) is 58.2 Å². The molecule has 0 bridgehead atoms. The van der Waals surface area contributed by atoms with Gasteiger partial charge in [0.25, 0.3) is 0 Å². The normalized spacial score (nSPS) is 22.6. The van der Waals surface area contributed by atoms with E-state index in [-0.39, 0.29) is 12.2 Å². The number of morpholine rings is 1. The second kappa shape index (κ2) is 6.29. The van der Waals surface area contributed by atoms with Gasteiger partial charge < -0.3 is 9.64 Å². The zero-order valence-corrected chi connectivity index (χ0v) is 16.7. The number of ether oxygens (including phenoxy) is 1. The summed E-state index contributed by atoms with van der Waals surface area (Å²) in [6.45, 7) is 5.92. The Morgan fingerprint density at radius 2 is 1.90 bits per heavy atom. The van der Waals surface area contributed by atoms with Crippen molar-refractivity contribution >= 4 is 22.4 Å². The van der Waals surface area contributed by atoms with Crippen LogP contribution in [0.3, 0.4) is 0 Å². The number of benzene rings is 1. The lowest BCUT2D eigenvalue weighted by molar-refractivity contribution is -0.00551. The van der Waals surface area contributed by atoms with Crippen LogP contribution in [0, 0.1) is 0 Å². The summed E-state index contributed by atoms with van der Waals surface area (Å²) < 4.78 is 7.83. The molecule has 2 aliphatic rings. The van der Waals surface area contributed by atoms with Gasteiger partial charge >= 0.3 is 0 Å². The molecule has 0 amide bonds. The maximum absolute atomic E-state index is 5.87. The molecule has 1 N–H and O–H groups in total. The molecule has 7 heteroatoms. The standard InChI is InChI=1S/C22H24N6O/c1-13-11-27(12-14(2)29-13)21-8-7-20-23-10-19(28(20)26-21)16-5-6-18-17(9-16)22(25-24-18)15-3-4-15/h5-10,13-15H,3-4,11-12H2,1-2H3,(H,24,25)/t13-,14+. The quantitative estimate of drug-likeness (QED) is 0.579. The number of aromatic amines is 1. The largest absolute Gasteiger partial charge is 0.372 e. The van der Waals surface area contributed by atoms with Crippen LogP contribution >= 0.6 is 0 Å². The van der Waals surface area contributed by atoms with Crippen LogP contribution < -0.4 is 4.90 Å². The third-order valence-electron chi connectivity index (χ3n) is 5.94. The van der Waals surface area contributed by atoms with Crippen molar-refractivity contribution in [3.63, 3.8) is 0 Å². The van der Waals surface area contributed by atoms with Crippen LogP contribution in [-0.2, 0) is 4.74 Å². The van der Waals surface area contributed by atoms with Gasteiger partial charge in [-0.25, -0.2) is 9.50 Å². The van der Waals surface area contributed by atoms with Gasteiger partial charge in [-0.05, 0) is 51.0 Å². The number of nitrogens with zero attached hydrogens (tertiary/aromatic N) is 5. The number of anilines is 1. The van der Waals surface area contributed by atoms with Gasteiger partial charge in [0.1, 0.15) is 5.82 Å². The number of hydrogen-bond donors (Lipinski definition) is 1. The van der Waals surface area contributed by atoms with Gasteiger partial charge in [-0.3, -0.25) is 5.10 Å². The monoisotopic (exact) mass is 388 g/mol. The summed E-state index contributed by atoms with van der Waals surface area (Å²) >= 11 is 0. The van der Waals surface area contributed by atoms with Crippen LogP contribution in [0.25, 0.3) is 27.8 Å². The zero-order valence-electron chi connectivity index (χ0n) is 16.7. The van der Waals surface area contributed by atoms with E-state index in [1.54, 1.807) is 0 Å². The Balaban J connectivity index is 1.43. The summed E-state index contributed by atoms with van der Waals surface area (Å²) in [5, 5.41) is 13.9. The van der Waals surface area contributed by atoms with Crippen molar-refractivity contribution in [1.82, 2.24) is 24.8 Å². The minimum absolute atomic E-state index is 0.197. The molecule has 3 aromatic heterocycles. The molecular weight excluding hydrogens is 364 g/mol. The minimum Gasteiger partial charge on any atom is -0.372 e. The Morgan fingerprint density at radius 1 is 1.07 bits per heavy atom. The summed E-state index contributed by atoms with van der Waals surface area (Å²) in [6.07, 6.45) is 4.78. The molecule has 1 aliphatic heterocycles. The van der Waals surface area contributed by atoms with Crippen LogP contribution in [0.15, 0.2) is 36.5 Å². The molecule has 29 heavy (non-hydrogen) atoms. The Labute approximate surface area is 168 Å². The molecule has 1 aliphatic carbocycles. The third kappa shape index (κ3) is 2.88. The van der Waals surface area contributed by atoms with E-state index in [1.807, 2.05) is 16.8 Å². The summed E-state index contributed by atoms with van der Waals surface area (Å²) in [6, 6.07) is 10.6. The smallest absolute Gasteiger partial charge is 0.154 e. The Kier molecular flexibility index (Phi) is 3.68. The van der Waals surface area contributed by atoms with Gasteiger partial charge in [0.05, 0.1) is 35.3 Å². The van der Waals surface area contributed by atoms with E-state index in [1.165, 1.54) is 23.9 Å². The lowest BCUT2D eigenvalue weighted by Gasteiger charge is -2.35. The number of hydrogen-bond acceptors (Lipinski definition) is 5. The fourth-order valence-electron chi connectivity index (χ4n) is 4.46. The number of aromatic nitrogens is 5. The Bertz CT molecular complexity index is 1200. The van der Waals surface area contributed by atoms with Gasteiger partial charge in [-0.1, -0.05) is 6.07 Å². The van der Waals surface area contributed by atoms with Crippen LogP contribution in [0.5, 0.6) is 0 Å². The van der Waals surface area contributed by atoms with Crippen molar-refractivity contribution in [2.75, 3.05) is 18.0 Å². The number of fused-ring (bicyclic) bond motifs is 2. The van der Waals surface area contributed by atoms with E-state index >= 15 is 0 Å². The highest BCUT2D eigenvalue weighted by molar-refractivity contribution is 5.87. The molecule has 2 atom stereocenters. The fourth-order valence-corrected chi connectivity index (χ4v) is 4.46. The average molecular weight is 388 g/mol. The predicted octanol–water partition coefficient (Wildman–Crippen LogP) is 3.76. The predicted molar refractivity (Wildman–Crippen MR) is 112 cm³/mol. The van der Waals surface area contributed by atoms with Crippen LogP contribution in [0.4, 0.5) is 5.82 Å². The van der Waals surface area contributed by atoms with Gasteiger partial charge in [0.15, 0.2) is 5.65 Å². The second-order valence-corrected chi connectivity index (χ2v) is 8.41. The first-order valence-corrected chi connectivity index (χ1v) is 10.4. The fraction of sp³-hybridized carbons (Fsp3) is 0.409. The van der Waals surface area contributed by atoms with Crippen LogP contribution in [0.1, 0.15) is 38.3 Å². The molecule has 0 radical (unpaired) electrons. The van der Waals surface area contributed by atoms with Crippen molar-refractivity contribution in [1.29, 1.82) is 0 Å². The van der Waals surface area contributed by atoms with Gasteiger partial charge in [0.2, 0.25) is 0 Å². The lowest BCUT2D eigenvalue weighted by atomic mass is 10.1. The minimum atomic E-state index is 0.197. The maximum Gasteiger partial charge on any atom is 0.154 e. The third-order valence-corrected chi connectivity index (χ3v) is 5.94. The highest BCUT2D eigenvalue weighted by atomic mass is 16.5. The molecule has 0 spiro atoms. The zero-order chi connectivity index (χ0) is 19.5. The molecule has 0 unspecified atom stereocenters. The molecule has 1 aromatic carbocycles. The lowest BCUT2D eigenvalue weighted by Crippen LogP contribution is -2.46.